The summed E-state index contributed by atoms with van der Waals surface area (Å²) in [7, 11) is 1.37. The molecule has 0 radical (unpaired) electrons. The number of methoxy groups -OCH3 is 1. The first kappa shape index (κ1) is 15.0. The fourth-order valence-corrected chi connectivity index (χ4v) is 2.24. The van der Waals surface area contributed by atoms with Crippen molar-refractivity contribution < 1.29 is 14.3 Å². The summed E-state index contributed by atoms with van der Waals surface area (Å²) >= 11 is 0. The molecule has 0 fully saturated rings. The van der Waals surface area contributed by atoms with Crippen LogP contribution < -0.4 is 0 Å². The van der Waals surface area contributed by atoms with Gasteiger partial charge < -0.3 is 4.74 Å². The maximum absolute atomic E-state index is 11.9. The van der Waals surface area contributed by atoms with E-state index < -0.39 is 0 Å². The highest BCUT2D eigenvalue weighted by molar-refractivity contribution is 5.97. The monoisotopic (exact) mass is 282 g/mol. The van der Waals surface area contributed by atoms with Crippen molar-refractivity contribution in [2.24, 2.45) is 0 Å². The fraction of sp³-hybridized carbons (Fsp3) is 0.222. The summed E-state index contributed by atoms with van der Waals surface area (Å²) in [5.41, 5.74) is 3.42. The van der Waals surface area contributed by atoms with Crippen LogP contribution in [-0.2, 0) is 16.0 Å². The second kappa shape index (κ2) is 6.84. The van der Waals surface area contributed by atoms with Gasteiger partial charge in [0.2, 0.25) is 0 Å². The van der Waals surface area contributed by atoms with Crippen LogP contribution in [0.25, 0.3) is 11.1 Å². The van der Waals surface area contributed by atoms with Crippen LogP contribution in [0.15, 0.2) is 48.5 Å². The standard InChI is InChI=1S/C18H18O3/c1-3-17(19)14-9-10-16(13-7-5-4-6-8-13)15(11-14)12-18(20)21-2/h4-11H,3,12H2,1-2H3. The Labute approximate surface area is 124 Å². The molecule has 0 spiro atoms. The van der Waals surface area contributed by atoms with Gasteiger partial charge in [0.15, 0.2) is 5.78 Å². The Balaban J connectivity index is 2.48. The van der Waals surface area contributed by atoms with Crippen molar-refractivity contribution in [2.75, 3.05) is 7.11 Å². The van der Waals surface area contributed by atoms with Gasteiger partial charge in [0.25, 0.3) is 0 Å². The van der Waals surface area contributed by atoms with Gasteiger partial charge in [-0.25, -0.2) is 0 Å². The Bertz CT molecular complexity index is 645. The van der Waals surface area contributed by atoms with E-state index in [0.717, 1.165) is 16.7 Å². The van der Waals surface area contributed by atoms with Gasteiger partial charge in [-0.1, -0.05) is 49.4 Å². The van der Waals surface area contributed by atoms with E-state index in [-0.39, 0.29) is 18.2 Å². The molecule has 0 saturated carbocycles. The van der Waals surface area contributed by atoms with Crippen molar-refractivity contribution >= 4 is 11.8 Å². The number of carbonyl (C=O) groups is 2. The number of ether oxygens (including phenoxy) is 1. The van der Waals surface area contributed by atoms with E-state index in [1.807, 2.05) is 49.4 Å². The van der Waals surface area contributed by atoms with Crippen LogP contribution in [0.2, 0.25) is 0 Å². The minimum absolute atomic E-state index is 0.0701. The van der Waals surface area contributed by atoms with Crippen molar-refractivity contribution in [1.82, 2.24) is 0 Å². The van der Waals surface area contributed by atoms with Crippen LogP contribution in [0.4, 0.5) is 0 Å². The zero-order valence-corrected chi connectivity index (χ0v) is 12.3. The van der Waals surface area contributed by atoms with Gasteiger partial charge in [0, 0.05) is 12.0 Å². The van der Waals surface area contributed by atoms with Crippen molar-refractivity contribution in [1.29, 1.82) is 0 Å². The zero-order valence-electron chi connectivity index (χ0n) is 12.3. The molecule has 0 aliphatic rings. The van der Waals surface area contributed by atoms with Crippen LogP contribution in [0.5, 0.6) is 0 Å². The van der Waals surface area contributed by atoms with Crippen LogP contribution in [-0.4, -0.2) is 18.9 Å². The molecule has 0 aliphatic carbocycles. The SMILES string of the molecule is CCC(=O)c1ccc(-c2ccccc2)c(CC(=O)OC)c1. The van der Waals surface area contributed by atoms with E-state index in [1.165, 1.54) is 7.11 Å². The van der Waals surface area contributed by atoms with Crippen molar-refractivity contribution in [3.63, 3.8) is 0 Å². The summed E-state index contributed by atoms with van der Waals surface area (Å²) in [6.45, 7) is 1.83. The molecular weight excluding hydrogens is 264 g/mol. The van der Waals surface area contributed by atoms with Gasteiger partial charge in [-0.05, 0) is 22.8 Å². The number of hydrogen-bond acceptors (Lipinski definition) is 3. The molecule has 0 N–H and O–H groups in total. The summed E-state index contributed by atoms with van der Waals surface area (Å²) in [5, 5.41) is 0. The Morgan fingerprint density at radius 2 is 1.76 bits per heavy atom. The molecule has 0 aliphatic heterocycles. The molecule has 3 nitrogen and oxygen atoms in total. The summed E-state index contributed by atoms with van der Waals surface area (Å²) in [5.74, 6) is -0.242. The van der Waals surface area contributed by atoms with Crippen molar-refractivity contribution in [2.45, 2.75) is 19.8 Å². The summed E-state index contributed by atoms with van der Waals surface area (Å²) < 4.78 is 4.75. The third-order valence-corrected chi connectivity index (χ3v) is 3.40. The smallest absolute Gasteiger partial charge is 0.310 e. The first-order chi connectivity index (χ1) is 10.2. The highest BCUT2D eigenvalue weighted by Crippen LogP contribution is 2.26. The van der Waals surface area contributed by atoms with Gasteiger partial charge >= 0.3 is 5.97 Å². The first-order valence-electron chi connectivity index (χ1n) is 6.94. The van der Waals surface area contributed by atoms with Crippen LogP contribution >= 0.6 is 0 Å². The lowest BCUT2D eigenvalue weighted by Gasteiger charge is -2.11. The second-order valence-electron chi connectivity index (χ2n) is 4.77. The van der Waals surface area contributed by atoms with Crippen LogP contribution in [0.1, 0.15) is 29.3 Å². The number of carbonyl (C=O) groups excluding carboxylic acids is 2. The predicted octanol–water partition coefficient (Wildman–Crippen LogP) is 3.66. The molecule has 0 heterocycles. The fourth-order valence-electron chi connectivity index (χ4n) is 2.24. The average molecular weight is 282 g/mol. The molecular formula is C18H18O3. The quantitative estimate of drug-likeness (QED) is 0.621. The Morgan fingerprint density at radius 3 is 2.38 bits per heavy atom. The highest BCUT2D eigenvalue weighted by Gasteiger charge is 2.13. The Morgan fingerprint density at radius 1 is 1.05 bits per heavy atom. The highest BCUT2D eigenvalue weighted by atomic mass is 16.5. The average Bonchev–Trinajstić information content (AvgIpc) is 2.54. The van der Waals surface area contributed by atoms with Gasteiger partial charge in [0.1, 0.15) is 0 Å². The number of esters is 1. The number of hydrogen-bond donors (Lipinski definition) is 0. The van der Waals surface area contributed by atoms with Crippen LogP contribution in [0, 0.1) is 0 Å². The maximum Gasteiger partial charge on any atom is 0.310 e. The molecule has 21 heavy (non-hydrogen) atoms. The molecule has 3 heteroatoms. The Hall–Kier alpha value is -2.42. The first-order valence-corrected chi connectivity index (χ1v) is 6.94. The van der Waals surface area contributed by atoms with Gasteiger partial charge in [-0.3, -0.25) is 9.59 Å². The van der Waals surface area contributed by atoms with E-state index in [0.29, 0.717) is 12.0 Å². The summed E-state index contributed by atoms with van der Waals surface area (Å²) in [4.78, 5) is 23.5. The predicted molar refractivity (Wildman–Crippen MR) is 82.2 cm³/mol. The van der Waals surface area contributed by atoms with Gasteiger partial charge in [0.05, 0.1) is 13.5 Å². The number of ketones is 1. The summed E-state index contributed by atoms with van der Waals surface area (Å²) in [6, 6.07) is 15.3. The topological polar surface area (TPSA) is 43.4 Å². The van der Waals surface area contributed by atoms with Crippen molar-refractivity contribution in [3.8, 4) is 11.1 Å². The molecule has 2 aromatic carbocycles. The van der Waals surface area contributed by atoms with Crippen LogP contribution in [0.3, 0.4) is 0 Å². The molecule has 0 bridgehead atoms. The number of rotatable bonds is 5. The second-order valence-corrected chi connectivity index (χ2v) is 4.77. The third kappa shape index (κ3) is 3.57. The lowest BCUT2D eigenvalue weighted by molar-refractivity contribution is -0.139. The number of Topliss-reactive ketones (excluding diaryl/α,β-unsaturated/α-hetero) is 1. The van der Waals surface area contributed by atoms with E-state index in [9.17, 15) is 9.59 Å². The minimum atomic E-state index is -0.312. The zero-order chi connectivity index (χ0) is 15.2. The van der Waals surface area contributed by atoms with E-state index in [2.05, 4.69) is 0 Å². The Kier molecular flexibility index (Phi) is 4.88. The van der Waals surface area contributed by atoms with Crippen molar-refractivity contribution in [3.05, 3.63) is 59.7 Å². The third-order valence-electron chi connectivity index (χ3n) is 3.40. The molecule has 0 atom stereocenters. The maximum atomic E-state index is 11.9. The van der Waals surface area contributed by atoms with Gasteiger partial charge in [-0.2, -0.15) is 0 Å². The normalized spacial score (nSPS) is 10.2. The molecule has 0 amide bonds. The molecule has 2 rings (SSSR count). The van der Waals surface area contributed by atoms with E-state index in [1.54, 1.807) is 6.07 Å². The summed E-state index contributed by atoms with van der Waals surface area (Å²) in [6.07, 6.45) is 0.605. The molecule has 0 saturated heterocycles. The lowest BCUT2D eigenvalue weighted by atomic mass is 9.94. The van der Waals surface area contributed by atoms with E-state index in [4.69, 9.17) is 4.74 Å². The van der Waals surface area contributed by atoms with E-state index >= 15 is 0 Å². The lowest BCUT2D eigenvalue weighted by Crippen LogP contribution is -2.07. The largest absolute Gasteiger partial charge is 0.469 e. The number of benzene rings is 2. The minimum Gasteiger partial charge on any atom is -0.469 e. The molecule has 0 aromatic heterocycles. The molecule has 108 valence electrons. The molecule has 2 aromatic rings. The molecule has 0 unspecified atom stereocenters. The van der Waals surface area contributed by atoms with Gasteiger partial charge in [-0.15, -0.1) is 0 Å².